The van der Waals surface area contributed by atoms with E-state index in [1.165, 1.54) is 59.9 Å². The molecule has 0 aromatic heterocycles. The fraction of sp³-hybridized carbons (Fsp3) is 0.250. The molecule has 0 radical (unpaired) electrons. The molecule has 5 aromatic carbocycles. The Kier molecular flexibility index (Phi) is 9.68. The van der Waals surface area contributed by atoms with Crippen LogP contribution in [0.4, 0.5) is 0 Å². The van der Waals surface area contributed by atoms with Crippen molar-refractivity contribution in [1.82, 2.24) is 0 Å². The lowest BCUT2D eigenvalue weighted by Gasteiger charge is -2.33. The number of methoxy groups -OCH3 is 1. The molecule has 5 rings (SSSR count). The second-order valence-corrected chi connectivity index (χ2v) is 17.1. The Balaban J connectivity index is 1.82. The van der Waals surface area contributed by atoms with Crippen molar-refractivity contribution in [2.24, 2.45) is 0 Å². The van der Waals surface area contributed by atoms with Gasteiger partial charge in [0.05, 0.1) is 0 Å². The molecule has 0 aliphatic carbocycles. The summed E-state index contributed by atoms with van der Waals surface area (Å²) in [6, 6.07) is 43.4. The van der Waals surface area contributed by atoms with E-state index < -0.39 is 15.8 Å². The van der Waals surface area contributed by atoms with Crippen molar-refractivity contribution in [1.29, 1.82) is 0 Å². The molecule has 0 unspecified atom stereocenters. The Bertz CT molecular complexity index is 1550. The molecule has 0 saturated carbocycles. The summed E-state index contributed by atoms with van der Waals surface area (Å²) in [6.45, 7) is 15.8. The highest BCUT2D eigenvalue weighted by atomic mass is 31.1. The van der Waals surface area contributed by atoms with Crippen molar-refractivity contribution >= 4 is 42.4 Å². The van der Waals surface area contributed by atoms with E-state index in [2.05, 4.69) is 164 Å². The summed E-state index contributed by atoms with van der Waals surface area (Å²) in [5, 5.41) is 6.81. The second kappa shape index (κ2) is 13.3. The molecule has 5 aromatic rings. The van der Waals surface area contributed by atoms with E-state index in [0.717, 1.165) is 0 Å². The maximum Gasteiger partial charge on any atom is 0.110 e. The summed E-state index contributed by atoms with van der Waals surface area (Å²) >= 11 is 0. The summed E-state index contributed by atoms with van der Waals surface area (Å²) < 4.78 is 6.69. The van der Waals surface area contributed by atoms with Crippen molar-refractivity contribution in [3.63, 3.8) is 0 Å². The highest BCUT2D eigenvalue weighted by molar-refractivity contribution is 7.80. The summed E-state index contributed by atoms with van der Waals surface area (Å²) in [4.78, 5) is 0. The maximum atomic E-state index is 6.69. The third-order valence-electron chi connectivity index (χ3n) is 7.86. The van der Waals surface area contributed by atoms with Crippen LogP contribution in [0.25, 0.3) is 0 Å². The topological polar surface area (TPSA) is 9.23 Å². The van der Waals surface area contributed by atoms with Crippen LogP contribution in [0.5, 0.6) is 0 Å². The lowest BCUT2D eigenvalue weighted by atomic mass is 9.86. The van der Waals surface area contributed by atoms with Crippen LogP contribution in [0.3, 0.4) is 0 Å². The van der Waals surface area contributed by atoms with Gasteiger partial charge in [-0.3, -0.25) is 0 Å². The van der Waals surface area contributed by atoms with Crippen LogP contribution in [0.2, 0.25) is 0 Å². The van der Waals surface area contributed by atoms with Crippen molar-refractivity contribution in [2.45, 2.75) is 59.7 Å². The first kappa shape index (κ1) is 31.3. The minimum absolute atomic E-state index is 0.0241. The van der Waals surface area contributed by atoms with Crippen LogP contribution < -0.4 is 26.5 Å². The van der Waals surface area contributed by atoms with Gasteiger partial charge in [0.2, 0.25) is 0 Å². The zero-order chi connectivity index (χ0) is 30.7. The van der Waals surface area contributed by atoms with E-state index in [4.69, 9.17) is 4.74 Å². The zero-order valence-electron chi connectivity index (χ0n) is 26.8. The van der Waals surface area contributed by atoms with E-state index in [1.807, 2.05) is 7.11 Å². The van der Waals surface area contributed by atoms with E-state index in [-0.39, 0.29) is 11.3 Å². The number of rotatable bonds is 8. The van der Waals surface area contributed by atoms with E-state index in [0.29, 0.717) is 0 Å². The minimum atomic E-state index is -0.884. The predicted molar refractivity (Wildman–Crippen MR) is 192 cm³/mol. The SMILES string of the molecule is CO[C@@H](c1ccc(C(C)(C)C)cc1P(c1ccccc1)c1ccccc1)P(c1cc(C)cc(C)c1)c1cc(C)cc(C)c1. The Morgan fingerprint density at radius 1 is 0.535 bits per heavy atom. The highest BCUT2D eigenvalue weighted by Gasteiger charge is 2.32. The van der Waals surface area contributed by atoms with Crippen molar-refractivity contribution < 1.29 is 4.74 Å². The van der Waals surface area contributed by atoms with Gasteiger partial charge in [0.15, 0.2) is 0 Å². The predicted octanol–water partition coefficient (Wildman–Crippen LogP) is 8.75. The molecule has 0 fully saturated rings. The fourth-order valence-electron chi connectivity index (χ4n) is 5.96. The number of ether oxygens (including phenoxy) is 1. The Morgan fingerprint density at radius 3 is 1.37 bits per heavy atom. The first-order chi connectivity index (χ1) is 20.5. The highest BCUT2D eigenvalue weighted by Crippen LogP contribution is 2.52. The molecule has 1 atom stereocenters. The normalized spacial score (nSPS) is 12.6. The third-order valence-corrected chi connectivity index (χ3v) is 12.9. The standard InChI is InChI=1S/C40H44OP2/c1-28-21-29(2)24-35(23-28)43(36-25-30(3)22-31(4)26-36)39(41-8)37-20-19-32(40(5,6)7)27-38(37)42(33-15-11-9-12-16-33)34-17-13-10-14-18-34/h9-27,39H,1-8H3/t39-/m1/s1. The van der Waals surface area contributed by atoms with Gasteiger partial charge in [-0.05, 0) is 92.7 Å². The first-order valence-electron chi connectivity index (χ1n) is 15.1. The Morgan fingerprint density at radius 2 is 0.977 bits per heavy atom. The second-order valence-electron chi connectivity index (χ2n) is 12.7. The van der Waals surface area contributed by atoms with Crippen LogP contribution >= 0.6 is 15.8 Å². The zero-order valence-corrected chi connectivity index (χ0v) is 28.6. The van der Waals surface area contributed by atoms with Gasteiger partial charge in [-0.2, -0.15) is 0 Å². The number of hydrogen-bond acceptors (Lipinski definition) is 1. The molecule has 3 heteroatoms. The van der Waals surface area contributed by atoms with Gasteiger partial charge in [0.1, 0.15) is 5.85 Å². The molecule has 0 aliphatic rings. The molecule has 0 aliphatic heterocycles. The van der Waals surface area contributed by atoms with Crippen LogP contribution in [0, 0.1) is 27.7 Å². The lowest BCUT2D eigenvalue weighted by Crippen LogP contribution is -2.29. The van der Waals surface area contributed by atoms with Crippen molar-refractivity contribution in [3.8, 4) is 0 Å². The molecule has 1 nitrogen and oxygen atoms in total. The van der Waals surface area contributed by atoms with Gasteiger partial charge in [0, 0.05) is 7.11 Å². The van der Waals surface area contributed by atoms with Gasteiger partial charge < -0.3 is 4.74 Å². The largest absolute Gasteiger partial charge is 0.372 e. The quantitative estimate of drug-likeness (QED) is 0.161. The summed E-state index contributed by atoms with van der Waals surface area (Å²) in [7, 11) is 0.194. The van der Waals surface area contributed by atoms with Gasteiger partial charge in [-0.1, -0.05) is 152 Å². The maximum absolute atomic E-state index is 6.69. The number of benzene rings is 5. The Hall–Kier alpha value is -3.08. The van der Waals surface area contributed by atoms with Crippen LogP contribution in [-0.2, 0) is 10.2 Å². The summed E-state index contributed by atoms with van der Waals surface area (Å²) in [6.07, 6.45) is 0. The average molecular weight is 603 g/mol. The molecule has 0 N–H and O–H groups in total. The molecule has 0 amide bonds. The third kappa shape index (κ3) is 7.19. The van der Waals surface area contributed by atoms with Gasteiger partial charge in [0.25, 0.3) is 0 Å². The molecule has 0 spiro atoms. The minimum Gasteiger partial charge on any atom is -0.372 e. The molecular weight excluding hydrogens is 558 g/mol. The smallest absolute Gasteiger partial charge is 0.110 e. The van der Waals surface area contributed by atoms with Gasteiger partial charge in [-0.25, -0.2) is 0 Å². The summed E-state index contributed by atoms with van der Waals surface area (Å²) in [5.41, 5.74) is 7.83. The molecular formula is C40H44OP2. The molecule has 0 bridgehead atoms. The van der Waals surface area contributed by atoms with Crippen molar-refractivity contribution in [2.75, 3.05) is 7.11 Å². The number of aryl methyl sites for hydroxylation is 4. The lowest BCUT2D eigenvalue weighted by molar-refractivity contribution is 0.173. The Labute approximate surface area is 261 Å². The van der Waals surface area contributed by atoms with E-state index in [1.54, 1.807) is 0 Å². The fourth-order valence-corrected chi connectivity index (χ4v) is 11.5. The van der Waals surface area contributed by atoms with Crippen LogP contribution in [-0.4, -0.2) is 7.11 Å². The molecule has 0 heterocycles. The number of hydrogen-bond donors (Lipinski definition) is 0. The van der Waals surface area contributed by atoms with Gasteiger partial charge in [-0.15, -0.1) is 0 Å². The van der Waals surface area contributed by atoms with Crippen LogP contribution in [0.1, 0.15) is 60.0 Å². The monoisotopic (exact) mass is 602 g/mol. The molecule has 0 saturated heterocycles. The van der Waals surface area contributed by atoms with Crippen LogP contribution in [0.15, 0.2) is 115 Å². The summed E-state index contributed by atoms with van der Waals surface area (Å²) in [5.74, 6) is -0.112. The van der Waals surface area contributed by atoms with Gasteiger partial charge >= 0.3 is 0 Å². The average Bonchev–Trinajstić information content (AvgIpc) is 2.96. The molecule has 43 heavy (non-hydrogen) atoms. The first-order valence-corrected chi connectivity index (χ1v) is 17.8. The van der Waals surface area contributed by atoms with E-state index >= 15 is 0 Å². The molecule has 220 valence electrons. The van der Waals surface area contributed by atoms with Crippen molar-refractivity contribution in [3.05, 3.63) is 149 Å². The van der Waals surface area contributed by atoms with E-state index in [9.17, 15) is 0 Å².